The number of nitrogens with zero attached hydrogens (tertiary/aromatic N) is 1. The van der Waals surface area contributed by atoms with Gasteiger partial charge in [0.25, 0.3) is 0 Å². The molecule has 0 unspecified atom stereocenters. The number of ether oxygens (including phenoxy) is 1. The molecule has 34 heavy (non-hydrogen) atoms. The van der Waals surface area contributed by atoms with Gasteiger partial charge >= 0.3 is 5.97 Å². The summed E-state index contributed by atoms with van der Waals surface area (Å²) in [5.41, 5.74) is 5.51. The van der Waals surface area contributed by atoms with Gasteiger partial charge in [-0.3, -0.25) is 9.59 Å². The lowest BCUT2D eigenvalue weighted by Crippen LogP contribution is -2.41. The van der Waals surface area contributed by atoms with Crippen molar-refractivity contribution < 1.29 is 19.1 Å². The van der Waals surface area contributed by atoms with Gasteiger partial charge in [0, 0.05) is 11.8 Å². The average Bonchev–Trinajstić information content (AvgIpc) is 3.13. The van der Waals surface area contributed by atoms with Crippen molar-refractivity contribution in [1.29, 1.82) is 0 Å². The molecule has 170 valence electrons. The Morgan fingerprint density at radius 1 is 0.765 bits per heavy atom. The molecule has 0 saturated carbocycles. The fourth-order valence-corrected chi connectivity index (χ4v) is 6.00. The number of anilines is 1. The van der Waals surface area contributed by atoms with Crippen LogP contribution < -0.4 is 4.90 Å². The van der Waals surface area contributed by atoms with Gasteiger partial charge in [0.15, 0.2) is 0 Å². The van der Waals surface area contributed by atoms with Crippen molar-refractivity contribution in [2.75, 3.05) is 11.5 Å². The molecule has 5 heteroatoms. The van der Waals surface area contributed by atoms with Gasteiger partial charge in [-0.15, -0.1) is 0 Å². The van der Waals surface area contributed by atoms with Crippen LogP contribution in [0, 0.1) is 17.8 Å². The van der Waals surface area contributed by atoms with Gasteiger partial charge in [-0.1, -0.05) is 62.4 Å². The number of carbonyl (C=O) groups is 3. The lowest BCUT2D eigenvalue weighted by Gasteiger charge is -2.45. The molecule has 3 aromatic carbocycles. The second kappa shape index (κ2) is 7.66. The van der Waals surface area contributed by atoms with Crippen molar-refractivity contribution in [3.05, 3.63) is 101 Å². The van der Waals surface area contributed by atoms with Gasteiger partial charge in [0.1, 0.15) is 0 Å². The van der Waals surface area contributed by atoms with E-state index >= 15 is 0 Å². The van der Waals surface area contributed by atoms with Crippen LogP contribution in [0.4, 0.5) is 5.69 Å². The number of hydrogen-bond donors (Lipinski definition) is 0. The van der Waals surface area contributed by atoms with Gasteiger partial charge < -0.3 is 4.74 Å². The van der Waals surface area contributed by atoms with Crippen molar-refractivity contribution in [3.8, 4) is 0 Å². The first-order valence-electron chi connectivity index (χ1n) is 11.8. The molecule has 1 fully saturated rings. The Morgan fingerprint density at radius 3 is 1.62 bits per heavy atom. The van der Waals surface area contributed by atoms with E-state index in [0.717, 1.165) is 22.3 Å². The van der Waals surface area contributed by atoms with Gasteiger partial charge in [0.05, 0.1) is 29.7 Å². The Labute approximate surface area is 198 Å². The minimum Gasteiger partial charge on any atom is -0.462 e. The third kappa shape index (κ3) is 2.89. The lowest BCUT2D eigenvalue weighted by atomic mass is 9.55. The van der Waals surface area contributed by atoms with Gasteiger partial charge in [-0.05, 0) is 52.4 Å². The first kappa shape index (κ1) is 20.8. The first-order chi connectivity index (χ1) is 16.5. The molecule has 0 radical (unpaired) electrons. The summed E-state index contributed by atoms with van der Waals surface area (Å²) < 4.78 is 5.30. The molecule has 1 heterocycles. The molecule has 1 saturated heterocycles. The summed E-state index contributed by atoms with van der Waals surface area (Å²) in [5, 5.41) is 0. The highest BCUT2D eigenvalue weighted by Gasteiger charge is 2.61. The Hall–Kier alpha value is -3.73. The van der Waals surface area contributed by atoms with E-state index in [1.807, 2.05) is 38.1 Å². The summed E-state index contributed by atoms with van der Waals surface area (Å²) in [5.74, 6) is -1.58. The minimum absolute atomic E-state index is 0.130. The standard InChI is InChI=1S/C29H25NO4/c1-16(2)15-34-29(33)17-11-13-18(14-12-17)30-27(31)25-23-19-7-3-4-8-20(19)24(26(25)28(30)32)22-10-6-5-9-21(22)23/h3-14,16,23-26H,15H2,1-2H3/t23?,24?,25-,26+. The third-order valence-corrected chi connectivity index (χ3v) is 7.36. The molecule has 2 bridgehead atoms. The number of carbonyl (C=O) groups excluding carboxylic acids is 3. The van der Waals surface area contributed by atoms with E-state index in [4.69, 9.17) is 4.74 Å². The van der Waals surface area contributed by atoms with E-state index in [1.54, 1.807) is 24.3 Å². The molecule has 7 rings (SSSR count). The topological polar surface area (TPSA) is 63.7 Å². The quantitative estimate of drug-likeness (QED) is 0.418. The number of benzene rings is 3. The highest BCUT2D eigenvalue weighted by molar-refractivity contribution is 6.23. The maximum absolute atomic E-state index is 13.8. The fraction of sp³-hybridized carbons (Fsp3) is 0.276. The second-order valence-electron chi connectivity index (χ2n) is 9.82. The Kier molecular flexibility index (Phi) is 4.70. The second-order valence-corrected chi connectivity index (χ2v) is 9.82. The van der Waals surface area contributed by atoms with Crippen LogP contribution in [-0.4, -0.2) is 24.4 Å². The molecule has 5 nitrogen and oxygen atoms in total. The monoisotopic (exact) mass is 451 g/mol. The maximum Gasteiger partial charge on any atom is 0.338 e. The molecule has 1 aliphatic heterocycles. The molecule has 4 aliphatic rings. The predicted octanol–water partition coefficient (Wildman–Crippen LogP) is 4.90. The van der Waals surface area contributed by atoms with Crippen LogP contribution in [0.5, 0.6) is 0 Å². The number of rotatable bonds is 4. The molecule has 3 aromatic rings. The van der Waals surface area contributed by atoms with E-state index in [0.29, 0.717) is 17.9 Å². The molecule has 0 N–H and O–H groups in total. The van der Waals surface area contributed by atoms with Crippen LogP contribution in [0.25, 0.3) is 0 Å². The van der Waals surface area contributed by atoms with Crippen molar-refractivity contribution in [2.45, 2.75) is 25.7 Å². The molecule has 0 spiro atoms. The summed E-state index contributed by atoms with van der Waals surface area (Å²) >= 11 is 0. The van der Waals surface area contributed by atoms with Crippen LogP contribution >= 0.6 is 0 Å². The normalized spacial score (nSPS) is 24.1. The van der Waals surface area contributed by atoms with Crippen molar-refractivity contribution in [3.63, 3.8) is 0 Å². The van der Waals surface area contributed by atoms with E-state index in [1.165, 1.54) is 4.90 Å². The van der Waals surface area contributed by atoms with E-state index in [9.17, 15) is 14.4 Å². The Morgan fingerprint density at radius 2 is 1.21 bits per heavy atom. The summed E-state index contributed by atoms with van der Waals surface area (Å²) in [6, 6.07) is 23.0. The zero-order valence-electron chi connectivity index (χ0n) is 19.1. The third-order valence-electron chi connectivity index (χ3n) is 7.36. The number of amides is 2. The van der Waals surface area contributed by atoms with Gasteiger partial charge in [-0.2, -0.15) is 0 Å². The minimum atomic E-state index is -0.419. The largest absolute Gasteiger partial charge is 0.462 e. The smallest absolute Gasteiger partial charge is 0.338 e. The zero-order valence-corrected chi connectivity index (χ0v) is 19.1. The van der Waals surface area contributed by atoms with E-state index < -0.39 is 17.8 Å². The van der Waals surface area contributed by atoms with Gasteiger partial charge in [0.2, 0.25) is 11.8 Å². The summed E-state index contributed by atoms with van der Waals surface area (Å²) in [6.07, 6.45) is 0. The summed E-state index contributed by atoms with van der Waals surface area (Å²) in [6.45, 7) is 4.30. The van der Waals surface area contributed by atoms with Crippen LogP contribution in [-0.2, 0) is 14.3 Å². The fourth-order valence-electron chi connectivity index (χ4n) is 6.00. The summed E-state index contributed by atoms with van der Waals surface area (Å²) in [4.78, 5) is 41.2. The maximum atomic E-state index is 13.8. The first-order valence-corrected chi connectivity index (χ1v) is 11.8. The van der Waals surface area contributed by atoms with E-state index in [2.05, 4.69) is 24.3 Å². The highest BCUT2D eigenvalue weighted by atomic mass is 16.5. The average molecular weight is 452 g/mol. The molecular formula is C29H25NO4. The number of hydrogen-bond acceptors (Lipinski definition) is 4. The zero-order chi connectivity index (χ0) is 23.6. The van der Waals surface area contributed by atoms with Crippen molar-refractivity contribution in [2.24, 2.45) is 17.8 Å². The molecule has 2 atom stereocenters. The van der Waals surface area contributed by atoms with Crippen molar-refractivity contribution >= 4 is 23.5 Å². The van der Waals surface area contributed by atoms with Crippen LogP contribution in [0.2, 0.25) is 0 Å². The number of imide groups is 1. The molecular weight excluding hydrogens is 426 g/mol. The summed E-state index contributed by atoms with van der Waals surface area (Å²) in [7, 11) is 0. The van der Waals surface area contributed by atoms with E-state index in [-0.39, 0.29) is 29.6 Å². The van der Waals surface area contributed by atoms with Crippen LogP contribution in [0.3, 0.4) is 0 Å². The number of esters is 1. The highest BCUT2D eigenvalue weighted by Crippen LogP contribution is 2.61. The Balaban J connectivity index is 1.37. The van der Waals surface area contributed by atoms with Crippen molar-refractivity contribution in [1.82, 2.24) is 0 Å². The lowest BCUT2D eigenvalue weighted by molar-refractivity contribution is -0.122. The van der Waals surface area contributed by atoms with Crippen LogP contribution in [0.1, 0.15) is 58.3 Å². The van der Waals surface area contributed by atoms with Crippen LogP contribution in [0.15, 0.2) is 72.8 Å². The van der Waals surface area contributed by atoms with Gasteiger partial charge in [-0.25, -0.2) is 9.69 Å². The Bertz CT molecular complexity index is 1210. The molecule has 2 amide bonds. The molecule has 3 aliphatic carbocycles. The predicted molar refractivity (Wildman–Crippen MR) is 128 cm³/mol. The molecule has 0 aromatic heterocycles. The SMILES string of the molecule is CC(C)COC(=O)c1ccc(N2C(=O)[C@@H]3C4c5ccccc5C(c5ccccc54)[C@@H]3C2=O)cc1.